The number of carbonyl (C=O) groups is 1. The summed E-state index contributed by atoms with van der Waals surface area (Å²) in [6.07, 6.45) is 4.35. The first-order valence-electron chi connectivity index (χ1n) is 7.70. The maximum atomic E-state index is 11.9. The lowest BCUT2D eigenvalue weighted by Crippen LogP contribution is -2.26. The van der Waals surface area contributed by atoms with Crippen LogP contribution in [0.3, 0.4) is 0 Å². The molecule has 1 amide bonds. The van der Waals surface area contributed by atoms with Gasteiger partial charge in [-0.25, -0.2) is 0 Å². The molecular formula is C16H26ClN3O3. The van der Waals surface area contributed by atoms with Crippen molar-refractivity contribution in [2.24, 2.45) is 5.73 Å². The second kappa shape index (κ2) is 11.0. The van der Waals surface area contributed by atoms with Gasteiger partial charge in [-0.3, -0.25) is 14.9 Å². The number of hydrogen-bond acceptors (Lipinski definition) is 4. The standard InChI is InChI=1S/C16H25N3O3.ClH/c1-12-8-9-14(11-15(12)19(21)22)13(2)18-16(20)7-5-3-4-6-10-17;/h8-9,11,13H,3-7,10,17H2,1-2H3,(H,18,20);1H. The summed E-state index contributed by atoms with van der Waals surface area (Å²) in [5.41, 5.74) is 6.86. The first-order chi connectivity index (χ1) is 10.5. The summed E-state index contributed by atoms with van der Waals surface area (Å²) in [6.45, 7) is 4.22. The highest BCUT2D eigenvalue weighted by Gasteiger charge is 2.15. The molecule has 1 aromatic rings. The lowest BCUT2D eigenvalue weighted by molar-refractivity contribution is -0.385. The van der Waals surface area contributed by atoms with E-state index in [1.54, 1.807) is 13.0 Å². The molecule has 7 heteroatoms. The first-order valence-corrected chi connectivity index (χ1v) is 7.70. The third-order valence-electron chi connectivity index (χ3n) is 3.67. The van der Waals surface area contributed by atoms with E-state index in [1.807, 2.05) is 13.0 Å². The Hall–Kier alpha value is -1.66. The summed E-state index contributed by atoms with van der Waals surface area (Å²) in [5.74, 6) is -0.0246. The Labute approximate surface area is 143 Å². The van der Waals surface area contributed by atoms with Crippen LogP contribution >= 0.6 is 12.4 Å². The van der Waals surface area contributed by atoms with Crippen molar-refractivity contribution in [1.29, 1.82) is 0 Å². The maximum Gasteiger partial charge on any atom is 0.272 e. The fourth-order valence-corrected chi connectivity index (χ4v) is 2.27. The van der Waals surface area contributed by atoms with Gasteiger partial charge in [-0.05, 0) is 38.8 Å². The molecule has 0 aliphatic carbocycles. The zero-order valence-corrected chi connectivity index (χ0v) is 14.5. The Kier molecular flexibility index (Phi) is 10.2. The highest BCUT2D eigenvalue weighted by molar-refractivity contribution is 5.85. The van der Waals surface area contributed by atoms with Gasteiger partial charge in [0, 0.05) is 18.1 Å². The molecule has 0 saturated carbocycles. The van der Waals surface area contributed by atoms with Crippen LogP contribution in [0.1, 0.15) is 56.2 Å². The van der Waals surface area contributed by atoms with Gasteiger partial charge in [-0.2, -0.15) is 0 Å². The van der Waals surface area contributed by atoms with Crippen LogP contribution in [-0.2, 0) is 4.79 Å². The summed E-state index contributed by atoms with van der Waals surface area (Å²) in [6, 6.07) is 4.81. The van der Waals surface area contributed by atoms with E-state index in [9.17, 15) is 14.9 Å². The zero-order valence-electron chi connectivity index (χ0n) is 13.7. The fourth-order valence-electron chi connectivity index (χ4n) is 2.27. The van der Waals surface area contributed by atoms with Gasteiger partial charge in [-0.15, -0.1) is 12.4 Å². The molecule has 0 saturated heterocycles. The van der Waals surface area contributed by atoms with Gasteiger partial charge < -0.3 is 11.1 Å². The Morgan fingerprint density at radius 1 is 1.30 bits per heavy atom. The normalized spacial score (nSPS) is 11.4. The van der Waals surface area contributed by atoms with Gasteiger partial charge in [-0.1, -0.05) is 25.0 Å². The minimum atomic E-state index is -0.398. The number of nitro groups is 1. The summed E-state index contributed by atoms with van der Waals surface area (Å²) in [5, 5.41) is 13.8. The molecule has 130 valence electrons. The Morgan fingerprint density at radius 3 is 2.57 bits per heavy atom. The van der Waals surface area contributed by atoms with Gasteiger partial charge in [0.15, 0.2) is 0 Å². The third-order valence-corrected chi connectivity index (χ3v) is 3.67. The molecule has 0 spiro atoms. The number of hydrogen-bond donors (Lipinski definition) is 2. The summed E-state index contributed by atoms with van der Waals surface area (Å²) >= 11 is 0. The van der Waals surface area contributed by atoms with E-state index in [0.29, 0.717) is 18.5 Å². The average molecular weight is 344 g/mol. The second-order valence-corrected chi connectivity index (χ2v) is 5.55. The van der Waals surface area contributed by atoms with Crippen LogP contribution < -0.4 is 11.1 Å². The van der Waals surface area contributed by atoms with E-state index >= 15 is 0 Å². The maximum absolute atomic E-state index is 11.9. The second-order valence-electron chi connectivity index (χ2n) is 5.55. The van der Waals surface area contributed by atoms with Crippen LogP contribution in [-0.4, -0.2) is 17.4 Å². The van der Waals surface area contributed by atoms with Gasteiger partial charge in [0.1, 0.15) is 0 Å². The molecule has 0 radical (unpaired) electrons. The molecule has 0 bridgehead atoms. The number of benzene rings is 1. The molecule has 1 unspecified atom stereocenters. The third kappa shape index (κ3) is 7.43. The average Bonchev–Trinajstić information content (AvgIpc) is 2.47. The number of carbonyl (C=O) groups excluding carboxylic acids is 1. The van der Waals surface area contributed by atoms with E-state index in [2.05, 4.69) is 5.32 Å². The Morgan fingerprint density at radius 2 is 1.96 bits per heavy atom. The molecule has 6 nitrogen and oxygen atoms in total. The lowest BCUT2D eigenvalue weighted by Gasteiger charge is -2.14. The number of halogens is 1. The Balaban J connectivity index is 0.00000484. The zero-order chi connectivity index (χ0) is 16.5. The molecule has 1 aromatic carbocycles. The van der Waals surface area contributed by atoms with Crippen molar-refractivity contribution >= 4 is 24.0 Å². The van der Waals surface area contributed by atoms with E-state index < -0.39 is 4.92 Å². The summed E-state index contributed by atoms with van der Waals surface area (Å²) in [4.78, 5) is 22.4. The summed E-state index contributed by atoms with van der Waals surface area (Å²) in [7, 11) is 0. The van der Waals surface area contributed by atoms with Gasteiger partial charge >= 0.3 is 0 Å². The highest BCUT2D eigenvalue weighted by Crippen LogP contribution is 2.23. The SMILES string of the molecule is Cc1ccc(C(C)NC(=O)CCCCCCN)cc1[N+](=O)[O-].Cl. The molecule has 0 aromatic heterocycles. The molecule has 23 heavy (non-hydrogen) atoms. The van der Waals surface area contributed by atoms with Crippen molar-refractivity contribution in [1.82, 2.24) is 5.32 Å². The van der Waals surface area contributed by atoms with Crippen LogP contribution in [0.2, 0.25) is 0 Å². The van der Waals surface area contributed by atoms with Crippen molar-refractivity contribution in [3.05, 3.63) is 39.4 Å². The predicted molar refractivity (Wildman–Crippen MR) is 93.8 cm³/mol. The molecule has 3 N–H and O–H groups in total. The lowest BCUT2D eigenvalue weighted by atomic mass is 10.0. The largest absolute Gasteiger partial charge is 0.350 e. The van der Waals surface area contributed by atoms with Crippen molar-refractivity contribution in [2.75, 3.05) is 6.54 Å². The topological polar surface area (TPSA) is 98.3 Å². The van der Waals surface area contributed by atoms with E-state index in [0.717, 1.165) is 31.2 Å². The van der Waals surface area contributed by atoms with Crippen molar-refractivity contribution in [3.63, 3.8) is 0 Å². The number of aryl methyl sites for hydroxylation is 1. The van der Waals surface area contributed by atoms with Crippen LogP contribution in [0.15, 0.2) is 18.2 Å². The first kappa shape index (κ1) is 21.3. The van der Waals surface area contributed by atoms with Crippen LogP contribution in [0.4, 0.5) is 5.69 Å². The molecule has 1 atom stereocenters. The van der Waals surface area contributed by atoms with Crippen molar-refractivity contribution in [2.45, 2.75) is 52.0 Å². The monoisotopic (exact) mass is 343 g/mol. The molecule has 0 fully saturated rings. The van der Waals surface area contributed by atoms with Crippen LogP contribution in [0, 0.1) is 17.0 Å². The minimum Gasteiger partial charge on any atom is -0.350 e. The number of amides is 1. The smallest absolute Gasteiger partial charge is 0.272 e. The number of nitrogens with zero attached hydrogens (tertiary/aromatic N) is 1. The van der Waals surface area contributed by atoms with Gasteiger partial charge in [0.25, 0.3) is 5.69 Å². The predicted octanol–water partition coefficient (Wildman–Crippen LogP) is 3.41. The number of nitro benzene ring substituents is 1. The van der Waals surface area contributed by atoms with Gasteiger partial charge in [0.2, 0.25) is 5.91 Å². The number of rotatable bonds is 9. The van der Waals surface area contributed by atoms with E-state index in [4.69, 9.17) is 5.73 Å². The molecule has 0 heterocycles. The number of unbranched alkanes of at least 4 members (excludes halogenated alkanes) is 3. The molecule has 1 rings (SSSR count). The van der Waals surface area contributed by atoms with E-state index in [-0.39, 0.29) is 30.0 Å². The minimum absolute atomic E-state index is 0. The molecular weight excluding hydrogens is 318 g/mol. The summed E-state index contributed by atoms with van der Waals surface area (Å²) < 4.78 is 0. The molecule has 0 aliphatic rings. The van der Waals surface area contributed by atoms with Crippen LogP contribution in [0.5, 0.6) is 0 Å². The quantitative estimate of drug-likeness (QED) is 0.407. The van der Waals surface area contributed by atoms with Gasteiger partial charge in [0.05, 0.1) is 11.0 Å². The van der Waals surface area contributed by atoms with Crippen molar-refractivity contribution < 1.29 is 9.72 Å². The number of nitrogens with two attached hydrogens (primary N) is 1. The van der Waals surface area contributed by atoms with E-state index in [1.165, 1.54) is 6.07 Å². The fraction of sp³-hybridized carbons (Fsp3) is 0.562. The Bertz CT molecular complexity index is 523. The number of nitrogens with one attached hydrogen (secondary N) is 1. The molecule has 0 aliphatic heterocycles. The highest BCUT2D eigenvalue weighted by atomic mass is 35.5. The van der Waals surface area contributed by atoms with Crippen molar-refractivity contribution in [3.8, 4) is 0 Å². The van der Waals surface area contributed by atoms with Crippen LogP contribution in [0.25, 0.3) is 0 Å².